The lowest BCUT2D eigenvalue weighted by Crippen LogP contribution is -2.31. The molecule has 4 heteroatoms. The lowest BCUT2D eigenvalue weighted by atomic mass is 10.2. The van der Waals surface area contributed by atoms with Crippen LogP contribution in [-0.2, 0) is 6.54 Å². The van der Waals surface area contributed by atoms with Gasteiger partial charge in [-0.05, 0) is 0 Å². The van der Waals surface area contributed by atoms with E-state index in [1.165, 1.54) is 12.7 Å². The van der Waals surface area contributed by atoms with Crippen LogP contribution in [0.1, 0.15) is 13.3 Å². The minimum absolute atomic E-state index is 0.716. The Morgan fingerprint density at radius 1 is 1.13 bits per heavy atom. The number of aryl methyl sites for hydroxylation is 1. The van der Waals surface area contributed by atoms with Crippen molar-refractivity contribution in [2.45, 2.75) is 19.9 Å². The van der Waals surface area contributed by atoms with Crippen LogP contribution in [0.5, 0.6) is 0 Å². The first-order valence-electron chi connectivity index (χ1n) is 5.01. The molecule has 0 aromatic carbocycles. The normalized spacial score (nSPS) is 10.2. The molecule has 0 atom stereocenters. The predicted molar refractivity (Wildman–Crippen MR) is 55.7 cm³/mol. The summed E-state index contributed by atoms with van der Waals surface area (Å²) in [6, 6.07) is 4.04. The third kappa shape index (κ3) is 2.34. The van der Waals surface area contributed by atoms with Crippen LogP contribution in [-0.4, -0.2) is 15.0 Å². The highest BCUT2D eigenvalue weighted by atomic mass is 15.0. The van der Waals surface area contributed by atoms with E-state index >= 15 is 0 Å². The number of aromatic nitrogens is 4. The highest BCUT2D eigenvalue weighted by Gasteiger charge is 2.03. The number of hydrogen-bond acceptors (Lipinski definition) is 3. The van der Waals surface area contributed by atoms with Gasteiger partial charge in [-0.2, -0.15) is 0 Å². The van der Waals surface area contributed by atoms with Crippen LogP contribution in [0.3, 0.4) is 0 Å². The van der Waals surface area contributed by atoms with Crippen LogP contribution in [0, 0.1) is 0 Å². The van der Waals surface area contributed by atoms with E-state index in [2.05, 4.69) is 26.4 Å². The van der Waals surface area contributed by atoms with Crippen molar-refractivity contribution in [2.75, 3.05) is 0 Å². The van der Waals surface area contributed by atoms with Gasteiger partial charge < -0.3 is 0 Å². The zero-order valence-electron chi connectivity index (χ0n) is 8.67. The van der Waals surface area contributed by atoms with Crippen LogP contribution >= 0.6 is 0 Å². The first-order valence-corrected chi connectivity index (χ1v) is 5.01. The van der Waals surface area contributed by atoms with Crippen molar-refractivity contribution >= 4 is 0 Å². The molecule has 0 amide bonds. The topological polar surface area (TPSA) is 42.5 Å². The zero-order chi connectivity index (χ0) is 10.5. The Labute approximate surface area is 88.7 Å². The van der Waals surface area contributed by atoms with E-state index in [1.54, 1.807) is 0 Å². The molecule has 0 N–H and O–H groups in total. The summed E-state index contributed by atoms with van der Waals surface area (Å²) in [5, 5.41) is 0. The smallest absolute Gasteiger partial charge is 0.169 e. The molecule has 0 aliphatic heterocycles. The predicted octanol–water partition coefficient (Wildman–Crippen LogP) is 1.24. The summed E-state index contributed by atoms with van der Waals surface area (Å²) in [5.41, 5.74) is 1.02. The Hall–Kier alpha value is -1.84. The monoisotopic (exact) mass is 201 g/mol. The van der Waals surface area contributed by atoms with E-state index in [-0.39, 0.29) is 0 Å². The fourth-order valence-electron chi connectivity index (χ4n) is 1.40. The molecule has 76 valence electrons. The molecule has 0 aliphatic carbocycles. The van der Waals surface area contributed by atoms with E-state index < -0.39 is 0 Å². The van der Waals surface area contributed by atoms with Gasteiger partial charge in [-0.15, -0.1) is 0 Å². The summed E-state index contributed by atoms with van der Waals surface area (Å²) < 4.78 is 2.14. The fraction of sp³-hybridized carbons (Fsp3) is 0.273. The summed E-state index contributed by atoms with van der Waals surface area (Å²) in [6.07, 6.45) is 8.24. The lowest BCUT2D eigenvalue weighted by Gasteiger charge is -1.97. The second-order valence-corrected chi connectivity index (χ2v) is 3.29. The molecule has 0 saturated carbocycles. The minimum atomic E-state index is 0.716. The zero-order valence-corrected chi connectivity index (χ0v) is 8.67. The second kappa shape index (κ2) is 4.59. The van der Waals surface area contributed by atoms with Gasteiger partial charge in [0.1, 0.15) is 19.2 Å². The van der Waals surface area contributed by atoms with Gasteiger partial charge in [0, 0.05) is 24.1 Å². The molecule has 0 radical (unpaired) electrons. The average Bonchev–Trinajstić information content (AvgIpc) is 2.32. The molecule has 0 aliphatic rings. The minimum Gasteiger partial charge on any atom is -0.225 e. The molecule has 2 heterocycles. The molecule has 0 fully saturated rings. The first kappa shape index (κ1) is 9.71. The molecule has 2 aromatic rings. The SMILES string of the molecule is CCC[n+]1ccc(-c2ncncn2)cc1. The molecule has 0 bridgehead atoms. The van der Waals surface area contributed by atoms with Crippen molar-refractivity contribution in [1.29, 1.82) is 0 Å². The van der Waals surface area contributed by atoms with Crippen LogP contribution in [0.15, 0.2) is 37.2 Å². The lowest BCUT2D eigenvalue weighted by molar-refractivity contribution is -0.696. The van der Waals surface area contributed by atoms with Crippen molar-refractivity contribution in [3.8, 4) is 11.4 Å². The standard InChI is InChI=1S/C11H13N4/c1-2-5-15-6-3-10(4-7-15)11-13-8-12-9-14-11/h3-4,6-9H,2,5H2,1H3/q+1. The highest BCUT2D eigenvalue weighted by Crippen LogP contribution is 2.09. The van der Waals surface area contributed by atoms with Crippen LogP contribution in [0.2, 0.25) is 0 Å². The van der Waals surface area contributed by atoms with Crippen molar-refractivity contribution in [2.24, 2.45) is 0 Å². The average molecular weight is 201 g/mol. The Balaban J connectivity index is 2.24. The molecular formula is C11H13N4+. The number of rotatable bonds is 3. The maximum Gasteiger partial charge on any atom is 0.169 e. The van der Waals surface area contributed by atoms with Crippen LogP contribution in [0.25, 0.3) is 11.4 Å². The summed E-state index contributed by atoms with van der Waals surface area (Å²) >= 11 is 0. The van der Waals surface area contributed by atoms with Gasteiger partial charge in [-0.1, -0.05) is 6.92 Å². The van der Waals surface area contributed by atoms with Crippen molar-refractivity contribution in [3.63, 3.8) is 0 Å². The van der Waals surface area contributed by atoms with Crippen LogP contribution < -0.4 is 4.57 Å². The molecule has 2 rings (SSSR count). The Morgan fingerprint density at radius 3 is 2.40 bits per heavy atom. The molecule has 15 heavy (non-hydrogen) atoms. The van der Waals surface area contributed by atoms with Gasteiger partial charge in [-0.3, -0.25) is 0 Å². The largest absolute Gasteiger partial charge is 0.225 e. The van der Waals surface area contributed by atoms with Crippen molar-refractivity contribution < 1.29 is 4.57 Å². The Morgan fingerprint density at radius 2 is 1.80 bits per heavy atom. The third-order valence-corrected chi connectivity index (χ3v) is 2.12. The first-order chi connectivity index (χ1) is 7.40. The van der Waals surface area contributed by atoms with Crippen molar-refractivity contribution in [1.82, 2.24) is 15.0 Å². The molecule has 4 nitrogen and oxygen atoms in total. The van der Waals surface area contributed by atoms with Crippen molar-refractivity contribution in [3.05, 3.63) is 37.2 Å². The number of pyridine rings is 1. The van der Waals surface area contributed by atoms with E-state index in [0.717, 1.165) is 18.5 Å². The Kier molecular flexibility index (Phi) is 2.97. The Bertz CT molecular complexity index is 410. The molecule has 0 saturated heterocycles. The molecule has 0 spiro atoms. The van der Waals surface area contributed by atoms with Gasteiger partial charge in [0.25, 0.3) is 0 Å². The summed E-state index contributed by atoms with van der Waals surface area (Å²) in [5.74, 6) is 0.716. The quantitative estimate of drug-likeness (QED) is 0.701. The number of nitrogens with zero attached hydrogens (tertiary/aromatic N) is 4. The van der Waals surface area contributed by atoms with E-state index in [9.17, 15) is 0 Å². The van der Waals surface area contributed by atoms with Gasteiger partial charge in [-0.25, -0.2) is 19.5 Å². The molecule has 0 unspecified atom stereocenters. The van der Waals surface area contributed by atoms with E-state index in [1.807, 2.05) is 24.5 Å². The number of hydrogen-bond donors (Lipinski definition) is 0. The van der Waals surface area contributed by atoms with E-state index in [4.69, 9.17) is 0 Å². The third-order valence-electron chi connectivity index (χ3n) is 2.12. The van der Waals surface area contributed by atoms with Gasteiger partial charge in [0.15, 0.2) is 18.2 Å². The molecule has 2 aromatic heterocycles. The summed E-state index contributed by atoms with van der Waals surface area (Å²) in [7, 11) is 0. The molecular weight excluding hydrogens is 188 g/mol. The van der Waals surface area contributed by atoms with Gasteiger partial charge in [0.05, 0.1) is 0 Å². The second-order valence-electron chi connectivity index (χ2n) is 3.29. The van der Waals surface area contributed by atoms with Gasteiger partial charge in [0.2, 0.25) is 0 Å². The summed E-state index contributed by atoms with van der Waals surface area (Å²) in [4.78, 5) is 12.0. The fourth-order valence-corrected chi connectivity index (χ4v) is 1.40. The maximum absolute atomic E-state index is 4.09. The highest BCUT2D eigenvalue weighted by molar-refractivity contribution is 5.51. The summed E-state index contributed by atoms with van der Waals surface area (Å²) in [6.45, 7) is 3.20. The van der Waals surface area contributed by atoms with E-state index in [0.29, 0.717) is 5.82 Å². The van der Waals surface area contributed by atoms with Gasteiger partial charge >= 0.3 is 0 Å². The maximum atomic E-state index is 4.09. The van der Waals surface area contributed by atoms with Crippen LogP contribution in [0.4, 0.5) is 0 Å².